The molecule has 3 aromatic rings. The third-order valence-electron chi connectivity index (χ3n) is 4.48. The molecule has 2 aromatic carbocycles. The molecule has 0 unspecified atom stereocenters. The summed E-state index contributed by atoms with van der Waals surface area (Å²) < 4.78 is 1.81. The maximum Gasteiger partial charge on any atom is 0.255 e. The summed E-state index contributed by atoms with van der Waals surface area (Å²) in [4.78, 5) is 17.2. The SMILES string of the molecule is CC(C)c1c(C#N)cccc1C(=O)Nc1ccc(C=N)c(Nc2cn(C)cn2)c1. The topological polar surface area (TPSA) is 107 Å². The number of hydrogen-bond donors (Lipinski definition) is 3. The number of carbonyl (C=O) groups is 1. The zero-order chi connectivity index (χ0) is 21.0. The first kappa shape index (κ1) is 19.8. The fourth-order valence-corrected chi connectivity index (χ4v) is 3.16. The third-order valence-corrected chi connectivity index (χ3v) is 4.48. The molecule has 7 heteroatoms. The highest BCUT2D eigenvalue weighted by molar-refractivity contribution is 6.06. The van der Waals surface area contributed by atoms with Gasteiger partial charge in [-0.3, -0.25) is 4.79 Å². The van der Waals surface area contributed by atoms with E-state index in [1.165, 1.54) is 6.21 Å². The van der Waals surface area contributed by atoms with Gasteiger partial charge in [0.1, 0.15) is 5.82 Å². The fourth-order valence-electron chi connectivity index (χ4n) is 3.16. The van der Waals surface area contributed by atoms with Crippen LogP contribution in [0, 0.1) is 16.7 Å². The molecule has 0 bridgehead atoms. The zero-order valence-corrected chi connectivity index (χ0v) is 16.5. The van der Waals surface area contributed by atoms with E-state index >= 15 is 0 Å². The smallest absolute Gasteiger partial charge is 0.255 e. The van der Waals surface area contributed by atoms with Crippen LogP contribution in [0.3, 0.4) is 0 Å². The van der Waals surface area contributed by atoms with Gasteiger partial charge in [-0.05, 0) is 41.8 Å². The summed E-state index contributed by atoms with van der Waals surface area (Å²) in [5.74, 6) is 0.397. The van der Waals surface area contributed by atoms with Gasteiger partial charge in [-0.1, -0.05) is 19.9 Å². The number of carbonyl (C=O) groups excluding carboxylic acids is 1. The van der Waals surface area contributed by atoms with Gasteiger partial charge < -0.3 is 20.6 Å². The van der Waals surface area contributed by atoms with Crippen LogP contribution in [0.15, 0.2) is 48.9 Å². The molecule has 146 valence electrons. The Hall–Kier alpha value is -3.92. The number of hydrogen-bond acceptors (Lipinski definition) is 5. The number of amides is 1. The first-order valence-corrected chi connectivity index (χ1v) is 9.16. The van der Waals surface area contributed by atoms with E-state index in [4.69, 9.17) is 5.41 Å². The fraction of sp³-hybridized carbons (Fsp3) is 0.182. The van der Waals surface area contributed by atoms with Crippen molar-refractivity contribution in [1.82, 2.24) is 9.55 Å². The number of aryl methyl sites for hydroxylation is 1. The Labute approximate surface area is 169 Å². The minimum atomic E-state index is -0.280. The lowest BCUT2D eigenvalue weighted by molar-refractivity contribution is 0.102. The second-order valence-corrected chi connectivity index (χ2v) is 6.98. The van der Waals surface area contributed by atoms with Crippen LogP contribution in [0.2, 0.25) is 0 Å². The molecular weight excluding hydrogens is 364 g/mol. The van der Waals surface area contributed by atoms with E-state index in [9.17, 15) is 10.1 Å². The van der Waals surface area contributed by atoms with Gasteiger partial charge in [0.2, 0.25) is 0 Å². The number of nitrogens with zero attached hydrogens (tertiary/aromatic N) is 3. The molecule has 0 saturated heterocycles. The molecule has 0 spiro atoms. The average molecular weight is 386 g/mol. The standard InChI is InChI=1S/C22H22N6O/c1-14(2)21-16(11-24)5-4-6-18(21)22(29)26-17-8-7-15(10-23)19(9-17)27-20-12-28(3)13-25-20/h4-10,12-14,23,27H,1-3H3,(H,26,29). The van der Waals surface area contributed by atoms with Crippen molar-refractivity contribution in [1.29, 1.82) is 10.7 Å². The van der Waals surface area contributed by atoms with Crippen molar-refractivity contribution in [2.75, 3.05) is 10.6 Å². The molecule has 1 amide bonds. The van der Waals surface area contributed by atoms with Gasteiger partial charge >= 0.3 is 0 Å². The second-order valence-electron chi connectivity index (χ2n) is 6.98. The number of imidazole rings is 1. The first-order chi connectivity index (χ1) is 13.9. The summed E-state index contributed by atoms with van der Waals surface area (Å²) >= 11 is 0. The van der Waals surface area contributed by atoms with E-state index in [-0.39, 0.29) is 11.8 Å². The van der Waals surface area contributed by atoms with Gasteiger partial charge in [-0.2, -0.15) is 5.26 Å². The highest BCUT2D eigenvalue weighted by atomic mass is 16.1. The summed E-state index contributed by atoms with van der Waals surface area (Å²) in [6, 6.07) is 12.6. The first-order valence-electron chi connectivity index (χ1n) is 9.16. The van der Waals surface area contributed by atoms with Crippen molar-refractivity contribution in [3.63, 3.8) is 0 Å². The minimum absolute atomic E-state index is 0.0354. The molecule has 0 atom stereocenters. The quantitative estimate of drug-likeness (QED) is 0.546. The Morgan fingerprint density at radius 1 is 1.31 bits per heavy atom. The molecular formula is C22H22N6O. The largest absolute Gasteiger partial charge is 0.338 e. The second kappa shape index (κ2) is 8.40. The molecule has 0 fully saturated rings. The van der Waals surface area contributed by atoms with Gasteiger partial charge in [-0.15, -0.1) is 0 Å². The molecule has 7 nitrogen and oxygen atoms in total. The molecule has 3 rings (SSSR count). The van der Waals surface area contributed by atoms with Gasteiger partial charge in [0, 0.05) is 36.3 Å². The number of rotatable bonds is 6. The number of nitrogens with one attached hydrogen (secondary N) is 3. The molecule has 3 N–H and O–H groups in total. The van der Waals surface area contributed by atoms with Crippen LogP contribution >= 0.6 is 0 Å². The summed E-state index contributed by atoms with van der Waals surface area (Å²) in [6.07, 6.45) is 4.74. The summed E-state index contributed by atoms with van der Waals surface area (Å²) in [6.45, 7) is 3.92. The van der Waals surface area contributed by atoms with Gasteiger partial charge in [0.05, 0.1) is 23.6 Å². The Kier molecular flexibility index (Phi) is 5.74. The minimum Gasteiger partial charge on any atom is -0.338 e. The van der Waals surface area contributed by atoms with E-state index in [0.717, 1.165) is 5.56 Å². The monoisotopic (exact) mass is 386 g/mol. The van der Waals surface area contributed by atoms with Crippen LogP contribution in [-0.2, 0) is 7.05 Å². The highest BCUT2D eigenvalue weighted by Gasteiger charge is 2.18. The van der Waals surface area contributed by atoms with Gasteiger partial charge in [0.25, 0.3) is 5.91 Å². The van der Waals surface area contributed by atoms with Crippen LogP contribution in [0.5, 0.6) is 0 Å². The maximum atomic E-state index is 12.9. The third kappa shape index (κ3) is 4.33. The van der Waals surface area contributed by atoms with Crippen molar-refractivity contribution in [3.05, 3.63) is 71.2 Å². The number of nitriles is 1. The maximum absolute atomic E-state index is 12.9. The molecule has 1 aromatic heterocycles. The van der Waals surface area contributed by atoms with Crippen LogP contribution < -0.4 is 10.6 Å². The summed E-state index contributed by atoms with van der Waals surface area (Å²) in [5.41, 5.74) is 3.62. The lowest BCUT2D eigenvalue weighted by atomic mass is 9.92. The van der Waals surface area contributed by atoms with Crippen LogP contribution in [0.4, 0.5) is 17.2 Å². The highest BCUT2D eigenvalue weighted by Crippen LogP contribution is 2.26. The van der Waals surface area contributed by atoms with E-state index in [2.05, 4.69) is 21.7 Å². The molecule has 1 heterocycles. The molecule has 0 aliphatic carbocycles. The normalized spacial score (nSPS) is 10.4. The van der Waals surface area contributed by atoms with Crippen molar-refractivity contribution in [3.8, 4) is 6.07 Å². The van der Waals surface area contributed by atoms with Crippen molar-refractivity contribution >= 4 is 29.3 Å². The van der Waals surface area contributed by atoms with Crippen LogP contribution in [0.1, 0.15) is 46.8 Å². The van der Waals surface area contributed by atoms with Crippen molar-refractivity contribution in [2.24, 2.45) is 7.05 Å². The van der Waals surface area contributed by atoms with E-state index < -0.39 is 0 Å². The number of aromatic nitrogens is 2. The lowest BCUT2D eigenvalue weighted by Gasteiger charge is -2.15. The van der Waals surface area contributed by atoms with Crippen molar-refractivity contribution in [2.45, 2.75) is 19.8 Å². The summed E-state index contributed by atoms with van der Waals surface area (Å²) in [5, 5.41) is 23.1. The molecule has 0 aliphatic rings. The Morgan fingerprint density at radius 3 is 2.72 bits per heavy atom. The van der Waals surface area contributed by atoms with E-state index in [0.29, 0.717) is 33.9 Å². The van der Waals surface area contributed by atoms with Gasteiger partial charge in [-0.25, -0.2) is 4.98 Å². The Balaban J connectivity index is 1.91. The summed E-state index contributed by atoms with van der Waals surface area (Å²) in [7, 11) is 1.87. The number of anilines is 3. The average Bonchev–Trinajstić information content (AvgIpc) is 3.12. The zero-order valence-electron chi connectivity index (χ0n) is 16.5. The predicted octanol–water partition coefficient (Wildman–Crippen LogP) is 4.41. The molecule has 0 radical (unpaired) electrons. The number of benzene rings is 2. The predicted molar refractivity (Wildman–Crippen MR) is 114 cm³/mol. The van der Waals surface area contributed by atoms with E-state index in [1.54, 1.807) is 42.7 Å². The van der Waals surface area contributed by atoms with Crippen LogP contribution in [0.25, 0.3) is 0 Å². The lowest BCUT2D eigenvalue weighted by Crippen LogP contribution is -2.16. The van der Waals surface area contributed by atoms with Crippen molar-refractivity contribution < 1.29 is 4.79 Å². The van der Waals surface area contributed by atoms with Gasteiger partial charge in [0.15, 0.2) is 0 Å². The molecule has 0 saturated carbocycles. The molecule has 0 aliphatic heterocycles. The van der Waals surface area contributed by atoms with Crippen LogP contribution in [-0.4, -0.2) is 21.7 Å². The molecule has 29 heavy (non-hydrogen) atoms. The Bertz CT molecular complexity index is 1110. The van der Waals surface area contributed by atoms with E-state index in [1.807, 2.05) is 31.7 Å². The Morgan fingerprint density at radius 2 is 2.10 bits per heavy atom.